The first-order valence-electron chi connectivity index (χ1n) is 5.15. The molecular formula is C10H21NO3. The second-order valence-electron chi connectivity index (χ2n) is 4.13. The summed E-state index contributed by atoms with van der Waals surface area (Å²) in [4.78, 5) is 2.24. The van der Waals surface area contributed by atoms with E-state index in [2.05, 4.69) is 4.90 Å². The van der Waals surface area contributed by atoms with Crippen molar-refractivity contribution < 1.29 is 14.6 Å². The van der Waals surface area contributed by atoms with E-state index >= 15 is 0 Å². The number of β-amino-alcohol motifs (C(OH)–C–C–N with tert-alkyl or cyclic N) is 1. The minimum Gasteiger partial charge on any atom is -0.389 e. The van der Waals surface area contributed by atoms with Crippen molar-refractivity contribution in [3.8, 4) is 0 Å². The van der Waals surface area contributed by atoms with Crippen molar-refractivity contribution in [1.82, 2.24) is 4.90 Å². The summed E-state index contributed by atoms with van der Waals surface area (Å²) in [6.07, 6.45) is 0.681. The van der Waals surface area contributed by atoms with Crippen molar-refractivity contribution in [2.24, 2.45) is 0 Å². The molecule has 0 bridgehead atoms. The average molecular weight is 203 g/mol. The molecule has 0 radical (unpaired) electrons. The molecule has 0 aromatic heterocycles. The van der Waals surface area contributed by atoms with Gasteiger partial charge in [0.1, 0.15) is 0 Å². The van der Waals surface area contributed by atoms with Crippen LogP contribution in [0.15, 0.2) is 0 Å². The smallest absolute Gasteiger partial charge is 0.0768 e. The quantitative estimate of drug-likeness (QED) is 0.688. The maximum absolute atomic E-state index is 10.0. The fourth-order valence-corrected chi connectivity index (χ4v) is 1.64. The van der Waals surface area contributed by atoms with Gasteiger partial charge in [-0.05, 0) is 6.92 Å². The number of rotatable bonds is 5. The highest BCUT2D eigenvalue weighted by Gasteiger charge is 2.24. The number of nitrogens with zero attached hydrogens (tertiary/aromatic N) is 1. The second-order valence-corrected chi connectivity index (χ2v) is 4.13. The molecule has 1 atom stereocenters. The molecule has 0 spiro atoms. The lowest BCUT2D eigenvalue weighted by Gasteiger charge is -2.33. The molecule has 14 heavy (non-hydrogen) atoms. The van der Waals surface area contributed by atoms with Gasteiger partial charge in [-0.1, -0.05) is 0 Å². The van der Waals surface area contributed by atoms with Crippen LogP contribution in [0.25, 0.3) is 0 Å². The van der Waals surface area contributed by atoms with E-state index in [4.69, 9.17) is 9.47 Å². The maximum Gasteiger partial charge on any atom is 0.0768 e. The summed E-state index contributed by atoms with van der Waals surface area (Å²) in [6.45, 7) is 6.57. The molecular weight excluding hydrogens is 182 g/mol. The Balaban J connectivity index is 2.25. The zero-order valence-electron chi connectivity index (χ0n) is 9.16. The van der Waals surface area contributed by atoms with Crippen LogP contribution >= 0.6 is 0 Å². The van der Waals surface area contributed by atoms with Crippen molar-refractivity contribution in [3.63, 3.8) is 0 Å². The molecule has 1 unspecified atom stereocenters. The lowest BCUT2D eigenvalue weighted by atomic mass is 10.0. The molecule has 1 saturated heterocycles. The van der Waals surface area contributed by atoms with Gasteiger partial charge in [-0.25, -0.2) is 0 Å². The normalized spacial score (nSPS) is 23.4. The van der Waals surface area contributed by atoms with Gasteiger partial charge in [0.2, 0.25) is 0 Å². The molecule has 1 aliphatic heterocycles. The molecule has 1 heterocycles. The summed E-state index contributed by atoms with van der Waals surface area (Å²) in [5.74, 6) is 0. The summed E-state index contributed by atoms with van der Waals surface area (Å²) < 4.78 is 10.2. The second kappa shape index (κ2) is 5.66. The minimum atomic E-state index is -0.645. The third-order valence-corrected chi connectivity index (χ3v) is 2.51. The fourth-order valence-electron chi connectivity index (χ4n) is 1.64. The topological polar surface area (TPSA) is 41.9 Å². The molecule has 0 aromatic rings. The van der Waals surface area contributed by atoms with Crippen molar-refractivity contribution in [2.45, 2.75) is 18.9 Å². The Bertz CT molecular complexity index is 155. The molecule has 1 aliphatic rings. The zero-order valence-corrected chi connectivity index (χ0v) is 9.16. The van der Waals surface area contributed by atoms with E-state index < -0.39 is 5.60 Å². The van der Waals surface area contributed by atoms with Crippen LogP contribution in [0.4, 0.5) is 0 Å². The summed E-state index contributed by atoms with van der Waals surface area (Å²) in [5, 5.41) is 10.0. The predicted octanol–water partition coefficient (Wildman–Crippen LogP) is 0.106. The van der Waals surface area contributed by atoms with E-state index in [1.54, 1.807) is 7.11 Å². The van der Waals surface area contributed by atoms with Crippen molar-refractivity contribution >= 4 is 0 Å². The molecule has 0 saturated carbocycles. The summed E-state index contributed by atoms with van der Waals surface area (Å²) in [6, 6.07) is 0. The van der Waals surface area contributed by atoms with E-state index in [9.17, 15) is 5.11 Å². The van der Waals surface area contributed by atoms with Crippen LogP contribution < -0.4 is 0 Å². The van der Waals surface area contributed by atoms with E-state index in [0.717, 1.165) is 26.3 Å². The van der Waals surface area contributed by atoms with Crippen molar-refractivity contribution in [1.29, 1.82) is 0 Å². The molecule has 1 rings (SSSR count). The Morgan fingerprint density at radius 3 is 2.64 bits per heavy atom. The maximum atomic E-state index is 10.0. The summed E-state index contributed by atoms with van der Waals surface area (Å²) >= 11 is 0. The van der Waals surface area contributed by atoms with Gasteiger partial charge in [0, 0.05) is 39.8 Å². The van der Waals surface area contributed by atoms with Gasteiger partial charge >= 0.3 is 0 Å². The Morgan fingerprint density at radius 2 is 2.07 bits per heavy atom. The van der Waals surface area contributed by atoms with Gasteiger partial charge in [-0.2, -0.15) is 0 Å². The monoisotopic (exact) mass is 203 g/mol. The van der Waals surface area contributed by atoms with Crippen molar-refractivity contribution in [3.05, 3.63) is 0 Å². The number of methoxy groups -OCH3 is 1. The highest BCUT2D eigenvalue weighted by Crippen LogP contribution is 2.12. The molecule has 0 amide bonds. The Labute approximate surface area is 85.8 Å². The number of morpholine rings is 1. The first kappa shape index (κ1) is 11.9. The number of hydrogen-bond acceptors (Lipinski definition) is 4. The zero-order chi connectivity index (χ0) is 10.4. The van der Waals surface area contributed by atoms with Crippen LogP contribution in [0.2, 0.25) is 0 Å². The van der Waals surface area contributed by atoms with E-state index in [1.165, 1.54) is 0 Å². The molecule has 0 aromatic carbocycles. The Kier molecular flexibility index (Phi) is 4.81. The minimum absolute atomic E-state index is 0.608. The van der Waals surface area contributed by atoms with E-state index in [-0.39, 0.29) is 0 Å². The molecule has 4 nitrogen and oxygen atoms in total. The third-order valence-electron chi connectivity index (χ3n) is 2.51. The van der Waals surface area contributed by atoms with Gasteiger partial charge < -0.3 is 14.6 Å². The molecule has 84 valence electrons. The average Bonchev–Trinajstić information content (AvgIpc) is 2.16. The first-order valence-corrected chi connectivity index (χ1v) is 5.15. The van der Waals surface area contributed by atoms with Crippen LogP contribution in [0.3, 0.4) is 0 Å². The summed E-state index contributed by atoms with van der Waals surface area (Å²) in [5.41, 5.74) is -0.645. The van der Waals surface area contributed by atoms with Crippen LogP contribution in [0.1, 0.15) is 13.3 Å². The van der Waals surface area contributed by atoms with Gasteiger partial charge in [0.15, 0.2) is 0 Å². The lowest BCUT2D eigenvalue weighted by Crippen LogP contribution is -2.46. The third kappa shape index (κ3) is 4.37. The van der Waals surface area contributed by atoms with Crippen molar-refractivity contribution in [2.75, 3.05) is 46.6 Å². The fraction of sp³-hybridized carbons (Fsp3) is 1.00. The first-order chi connectivity index (χ1) is 6.64. The van der Waals surface area contributed by atoms with Crippen LogP contribution in [-0.2, 0) is 9.47 Å². The van der Waals surface area contributed by atoms with Crippen LogP contribution in [-0.4, -0.2) is 62.2 Å². The number of aliphatic hydroxyl groups is 1. The molecule has 1 fully saturated rings. The van der Waals surface area contributed by atoms with Gasteiger partial charge in [0.25, 0.3) is 0 Å². The van der Waals surface area contributed by atoms with Gasteiger partial charge in [-0.15, -0.1) is 0 Å². The van der Waals surface area contributed by atoms with E-state index in [0.29, 0.717) is 19.6 Å². The predicted molar refractivity (Wildman–Crippen MR) is 54.4 cm³/mol. The number of hydrogen-bond donors (Lipinski definition) is 1. The van der Waals surface area contributed by atoms with Gasteiger partial charge in [0.05, 0.1) is 18.8 Å². The molecule has 0 aliphatic carbocycles. The highest BCUT2D eigenvalue weighted by atomic mass is 16.5. The standard InChI is InChI=1S/C10H21NO3/c1-10(12,3-6-13-2)9-11-4-7-14-8-5-11/h12H,3-9H2,1-2H3. The Hall–Kier alpha value is -0.160. The SMILES string of the molecule is COCCC(C)(O)CN1CCOCC1. The highest BCUT2D eigenvalue weighted by molar-refractivity contribution is 4.78. The van der Waals surface area contributed by atoms with Crippen LogP contribution in [0.5, 0.6) is 0 Å². The van der Waals surface area contributed by atoms with E-state index in [1.807, 2.05) is 6.92 Å². The largest absolute Gasteiger partial charge is 0.389 e. The Morgan fingerprint density at radius 1 is 1.43 bits per heavy atom. The summed E-state index contributed by atoms with van der Waals surface area (Å²) in [7, 11) is 1.66. The lowest BCUT2D eigenvalue weighted by molar-refractivity contribution is -0.0355. The molecule has 1 N–H and O–H groups in total. The number of ether oxygens (including phenoxy) is 2. The molecule has 4 heteroatoms. The van der Waals surface area contributed by atoms with Crippen LogP contribution in [0, 0.1) is 0 Å². The van der Waals surface area contributed by atoms with Gasteiger partial charge in [-0.3, -0.25) is 4.90 Å².